The van der Waals surface area contributed by atoms with Gasteiger partial charge in [0.05, 0.1) is 50.5 Å². The maximum atomic E-state index is 15.5. The molecule has 0 fully saturated rings. The molecule has 4 atom stereocenters. The Labute approximate surface area is 713 Å². The Morgan fingerprint density at radius 3 is 1.06 bits per heavy atom. The lowest BCUT2D eigenvalue weighted by atomic mass is 9.68. The van der Waals surface area contributed by atoms with Crippen LogP contribution in [-0.2, 0) is 33.5 Å². The van der Waals surface area contributed by atoms with Gasteiger partial charge in [0.1, 0.15) is 58.4 Å². The third-order valence-corrected chi connectivity index (χ3v) is 27.4. The van der Waals surface area contributed by atoms with Gasteiger partial charge in [-0.2, -0.15) is 21.0 Å². The Morgan fingerprint density at radius 2 is 0.714 bits per heavy atom. The second-order valence-electron chi connectivity index (χ2n) is 32.6. The molecule has 0 amide bonds. The van der Waals surface area contributed by atoms with Crippen LogP contribution in [0.1, 0.15) is 274 Å². The van der Waals surface area contributed by atoms with Gasteiger partial charge in [0.15, 0.2) is 11.6 Å². The van der Waals surface area contributed by atoms with Crippen molar-refractivity contribution in [2.75, 3.05) is 40.1 Å². The van der Waals surface area contributed by atoms with Crippen LogP contribution in [0.25, 0.3) is 45.6 Å². The molecule has 9 aromatic rings. The molecule has 0 aliphatic heterocycles. The predicted molar refractivity (Wildman–Crippen MR) is 481 cm³/mol. The topological polar surface area (TPSA) is 185 Å². The zero-order chi connectivity index (χ0) is 83.7. The Hall–Kier alpha value is -10.7. The number of unbranched alkanes of at least 4 members (excludes halogenated alkanes) is 5. The summed E-state index contributed by atoms with van der Waals surface area (Å²) in [6.45, 7) is 23.5. The summed E-state index contributed by atoms with van der Waals surface area (Å²) in [7, 11) is 1.61. The van der Waals surface area contributed by atoms with Gasteiger partial charge < -0.3 is 28.4 Å². The lowest BCUT2D eigenvalue weighted by molar-refractivity contribution is 0.103. The second kappa shape index (κ2) is 39.9. The van der Waals surface area contributed by atoms with E-state index < -0.39 is 10.8 Å². The van der Waals surface area contributed by atoms with E-state index >= 15 is 9.59 Å². The number of carbonyl (C=O) groups is 2. The third kappa shape index (κ3) is 17.6. The van der Waals surface area contributed by atoms with Gasteiger partial charge in [-0.1, -0.05) is 219 Å². The Kier molecular flexibility index (Phi) is 28.9. The molecule has 0 saturated heterocycles. The lowest BCUT2D eigenvalue weighted by Crippen LogP contribution is -2.29. The number of nitriles is 4. The fourth-order valence-electron chi connectivity index (χ4n) is 17.9. The molecule has 4 unspecified atom stereocenters. The number of methoxy groups -OCH3 is 1. The van der Waals surface area contributed by atoms with Crippen molar-refractivity contribution in [3.05, 3.63) is 266 Å². The zero-order valence-corrected chi connectivity index (χ0v) is 72.7. The number of nitrogens with zero attached hydrogens (tertiary/aromatic N) is 4. The lowest BCUT2D eigenvalue weighted by Gasteiger charge is -2.35. The molecule has 4 aliphatic rings. The Morgan fingerprint density at radius 1 is 0.378 bits per heavy atom. The summed E-state index contributed by atoms with van der Waals surface area (Å²) in [4.78, 5) is 34.3. The van der Waals surface area contributed by atoms with Crippen molar-refractivity contribution < 1.29 is 38.0 Å². The maximum Gasteiger partial charge on any atom is 0.194 e. The standard InChI is InChI=1S/C105H112N4O8S2/c1-11-20-25-68(16-6)64-114-80-39-31-76(32-40-80)104(77-33-41-81(42-34-77)115-65-69(17-7)26-21-12-2)96-57-89-93-53-85(55-95-99(75(60-108)61-109)90-50-72(62-112-10)30-48-87(90)100(95)110)119-103(93)105(78-35-43-82(44-36-78)116-66-70(18-8)27-22-13-3,79-37-45-83(46-38-79)117-67-71(19-9)28-23-14-4)97(89)56-88(96)92-52-84(118-102(92)104)54-94-98(74(58-106)59-107)86-47-29-73(51-91(86)101(94)111)63-113-49-24-15-5/h29-48,50-57,68-71H,11-28,49,62-67H2,1-10H3/b94-54-,95-55-. The number of hydrogen-bond acceptors (Lipinski definition) is 14. The molecule has 0 saturated carbocycles. The van der Waals surface area contributed by atoms with Gasteiger partial charge in [0.2, 0.25) is 0 Å². The first kappa shape index (κ1) is 86.2. The summed E-state index contributed by atoms with van der Waals surface area (Å²) >= 11 is 3.19. The number of ketones is 2. The molecule has 119 heavy (non-hydrogen) atoms. The van der Waals surface area contributed by atoms with E-state index in [1.807, 2.05) is 42.5 Å². The molecule has 4 aliphatic carbocycles. The van der Waals surface area contributed by atoms with E-state index in [0.29, 0.717) is 96.7 Å². The summed E-state index contributed by atoms with van der Waals surface area (Å²) in [5, 5.41) is 43.3. The van der Waals surface area contributed by atoms with Gasteiger partial charge in [-0.25, -0.2) is 0 Å². The first-order valence-electron chi connectivity index (χ1n) is 43.6. The number of hydrogen-bond donors (Lipinski definition) is 0. The number of ether oxygens (including phenoxy) is 6. The molecule has 0 radical (unpaired) electrons. The van der Waals surface area contributed by atoms with Crippen LogP contribution < -0.4 is 18.9 Å². The highest BCUT2D eigenvalue weighted by atomic mass is 32.1. The van der Waals surface area contributed by atoms with E-state index in [9.17, 15) is 21.0 Å². The van der Waals surface area contributed by atoms with Crippen LogP contribution in [0, 0.1) is 69.0 Å². The molecule has 0 N–H and O–H groups in total. The van der Waals surface area contributed by atoms with Gasteiger partial charge in [-0.15, -0.1) is 22.7 Å². The van der Waals surface area contributed by atoms with Crippen molar-refractivity contribution in [1.82, 2.24) is 0 Å². The largest absolute Gasteiger partial charge is 0.493 e. The third-order valence-electron chi connectivity index (χ3n) is 25.0. The van der Waals surface area contributed by atoms with Crippen LogP contribution >= 0.6 is 22.7 Å². The van der Waals surface area contributed by atoms with E-state index in [0.717, 1.165) is 225 Å². The molecular formula is C105H112N4O8S2. The number of carbonyl (C=O) groups excluding carboxylic acids is 2. The molecule has 2 heterocycles. The van der Waals surface area contributed by atoms with E-state index in [-0.39, 0.29) is 40.5 Å². The summed E-state index contributed by atoms with van der Waals surface area (Å²) in [6, 6.07) is 63.7. The number of benzene rings is 7. The van der Waals surface area contributed by atoms with Crippen molar-refractivity contribution in [3.63, 3.8) is 0 Å². The minimum absolute atomic E-state index is 0.149. The molecule has 0 spiro atoms. The van der Waals surface area contributed by atoms with Crippen molar-refractivity contribution in [1.29, 1.82) is 21.0 Å². The maximum absolute atomic E-state index is 15.5. The summed E-state index contributed by atoms with van der Waals surface area (Å²) in [5.74, 6) is 4.07. The van der Waals surface area contributed by atoms with Crippen LogP contribution in [0.4, 0.5) is 0 Å². The normalized spacial score (nSPS) is 17.0. The average Bonchev–Trinajstić information content (AvgIpc) is 1.50. The first-order valence-corrected chi connectivity index (χ1v) is 45.2. The minimum Gasteiger partial charge on any atom is -0.493 e. The molecule has 0 bridgehead atoms. The van der Waals surface area contributed by atoms with Gasteiger partial charge in [0.25, 0.3) is 0 Å². The van der Waals surface area contributed by atoms with Gasteiger partial charge in [0, 0.05) is 66.6 Å². The number of Topliss-reactive ketones (excluding diaryl/α,β-unsaturated/α-hetero) is 2. The van der Waals surface area contributed by atoms with Crippen molar-refractivity contribution in [2.24, 2.45) is 23.7 Å². The van der Waals surface area contributed by atoms with E-state index in [4.69, 9.17) is 28.4 Å². The molecule has 2 aromatic heterocycles. The van der Waals surface area contributed by atoms with Crippen LogP contribution in [0.15, 0.2) is 180 Å². The van der Waals surface area contributed by atoms with Crippen molar-refractivity contribution in [3.8, 4) is 69.5 Å². The molecular weight excluding hydrogens is 1510 g/mol. The van der Waals surface area contributed by atoms with E-state index in [1.165, 1.54) is 0 Å². The quantitative estimate of drug-likeness (QED) is 0.0201. The Balaban J connectivity index is 1.11. The second-order valence-corrected chi connectivity index (χ2v) is 34.7. The summed E-state index contributed by atoms with van der Waals surface area (Å²) < 4.78 is 38.8. The zero-order valence-electron chi connectivity index (χ0n) is 71.0. The number of fused-ring (bicyclic) bond motifs is 8. The highest BCUT2D eigenvalue weighted by molar-refractivity contribution is 7.14. The van der Waals surface area contributed by atoms with Gasteiger partial charge >= 0.3 is 0 Å². The predicted octanol–water partition coefficient (Wildman–Crippen LogP) is 26.5. The fourth-order valence-corrected chi connectivity index (χ4v) is 20.7. The number of thiophene rings is 2. The number of allylic oxidation sites excluding steroid dienone is 6. The summed E-state index contributed by atoms with van der Waals surface area (Å²) in [5.41, 5.74) is 11.9. The Bertz CT molecular complexity index is 5140. The van der Waals surface area contributed by atoms with Gasteiger partial charge in [-0.05, 0) is 231 Å². The van der Waals surface area contributed by atoms with Crippen LogP contribution in [-0.4, -0.2) is 51.7 Å². The van der Waals surface area contributed by atoms with Crippen LogP contribution in [0.5, 0.6) is 23.0 Å². The molecule has 13 rings (SSSR count). The van der Waals surface area contributed by atoms with Crippen LogP contribution in [0.2, 0.25) is 0 Å². The van der Waals surface area contributed by atoms with Gasteiger partial charge in [-0.3, -0.25) is 9.59 Å². The minimum atomic E-state index is -1.09. The molecule has 14 heteroatoms. The van der Waals surface area contributed by atoms with Crippen LogP contribution in [0.3, 0.4) is 0 Å². The molecule has 7 aromatic carbocycles. The fraction of sp³-hybridized carbons (Fsp3) is 0.390. The van der Waals surface area contributed by atoms with E-state index in [2.05, 4.69) is 208 Å². The average molecular weight is 1620 g/mol. The van der Waals surface area contributed by atoms with Crippen molar-refractivity contribution >= 4 is 57.5 Å². The SMILES string of the molecule is CCCCOCc1ccc2c(c1)C(=O)/C(=C\c1cc3c(s1)C(c1ccc(OCC(CC)CCCC)cc1)(c1ccc(OCC(CC)CCCC)cc1)c1cc4c(cc1-3)C(c1ccc(OCC(CC)CCCC)cc1)(c1ccc(OCC(CC)CCCC)cc1)c1sc(/C=C3\C(=O)c5ccc(COC)cc5C3=C(C#N)C#N)cc1-4)C2=C(C#N)C#N. The first-order chi connectivity index (χ1) is 58.2. The van der Waals surface area contributed by atoms with E-state index in [1.54, 1.807) is 35.8 Å². The highest BCUT2D eigenvalue weighted by Crippen LogP contribution is 2.66. The monoisotopic (exact) mass is 1620 g/mol. The molecule has 612 valence electrons. The smallest absolute Gasteiger partial charge is 0.194 e. The molecule has 12 nitrogen and oxygen atoms in total. The highest BCUT2D eigenvalue weighted by Gasteiger charge is 2.54. The number of rotatable bonds is 41. The summed E-state index contributed by atoms with van der Waals surface area (Å²) in [6.07, 6.45) is 23.0. The van der Waals surface area contributed by atoms with Crippen molar-refractivity contribution in [2.45, 2.75) is 202 Å².